The molecule has 0 unspecified atom stereocenters. The van der Waals surface area contributed by atoms with Crippen molar-refractivity contribution in [3.8, 4) is 0 Å². The van der Waals surface area contributed by atoms with E-state index in [0.29, 0.717) is 0 Å². The second kappa shape index (κ2) is 8.62. The van der Waals surface area contributed by atoms with Crippen LogP contribution >= 0.6 is 0 Å². The fourth-order valence-electron chi connectivity index (χ4n) is 4.22. The molecule has 2 aromatic heterocycles. The molecule has 0 aliphatic heterocycles. The van der Waals surface area contributed by atoms with E-state index in [1.807, 2.05) is 24.5 Å². The van der Waals surface area contributed by atoms with Crippen molar-refractivity contribution in [2.24, 2.45) is 0 Å². The molecule has 2 nitrogen and oxygen atoms in total. The highest BCUT2D eigenvalue weighted by Crippen LogP contribution is 2.43. The predicted octanol–water partition coefficient (Wildman–Crippen LogP) is 6.67. The first-order valence-corrected chi connectivity index (χ1v) is 10.5. The van der Waals surface area contributed by atoms with E-state index in [4.69, 9.17) is 9.97 Å². The fraction of sp³-hybridized carbons (Fsp3) is 0.214. The lowest BCUT2D eigenvalue weighted by Crippen LogP contribution is -2.19. The molecule has 0 N–H and O–H groups in total. The molecule has 0 spiro atoms. The average molecular weight is 393 g/mol. The Labute approximate surface area is 179 Å². The molecule has 4 aromatic rings. The Balaban J connectivity index is 2.00. The van der Waals surface area contributed by atoms with Gasteiger partial charge in [-0.2, -0.15) is 0 Å². The van der Waals surface area contributed by atoms with Gasteiger partial charge in [-0.1, -0.05) is 71.8 Å². The van der Waals surface area contributed by atoms with Crippen molar-refractivity contribution in [2.45, 2.75) is 39.5 Å². The van der Waals surface area contributed by atoms with Crippen LogP contribution in [-0.4, -0.2) is 9.97 Å². The molecule has 2 heterocycles. The molecule has 2 heteroatoms. The average Bonchev–Trinajstić information content (AvgIpc) is 2.75. The predicted molar refractivity (Wildman–Crippen MR) is 124 cm³/mol. The van der Waals surface area contributed by atoms with Gasteiger partial charge in [0.1, 0.15) is 0 Å². The van der Waals surface area contributed by atoms with Crippen molar-refractivity contribution in [3.63, 3.8) is 0 Å². The second-order valence-corrected chi connectivity index (χ2v) is 8.19. The largest absolute Gasteiger partial charge is 0.260 e. The zero-order chi connectivity index (χ0) is 21.1. The van der Waals surface area contributed by atoms with Gasteiger partial charge in [0.15, 0.2) is 0 Å². The quantitative estimate of drug-likeness (QED) is 0.379. The third kappa shape index (κ3) is 4.04. The van der Waals surface area contributed by atoms with Crippen LogP contribution in [0, 0.1) is 27.7 Å². The first-order valence-electron chi connectivity index (χ1n) is 10.5. The Bertz CT molecular complexity index is 1040. The van der Waals surface area contributed by atoms with E-state index in [-0.39, 0.29) is 11.8 Å². The molecule has 0 atom stereocenters. The molecular weight excluding hydrogens is 364 g/mol. The Morgan fingerprint density at radius 2 is 0.900 bits per heavy atom. The minimum absolute atomic E-state index is 0.0258. The smallest absolute Gasteiger partial charge is 0.0550 e. The van der Waals surface area contributed by atoms with E-state index in [1.54, 1.807) is 0 Å². The van der Waals surface area contributed by atoms with Crippen LogP contribution in [0.4, 0.5) is 0 Å². The SMILES string of the molecule is Cc1ccc(C(c2ccc(C)cc2)C(c2ncccc2C)c2ncccc2C)cc1. The van der Waals surface area contributed by atoms with Gasteiger partial charge in [-0.3, -0.25) is 9.97 Å². The number of hydrogen-bond acceptors (Lipinski definition) is 2. The number of benzene rings is 2. The van der Waals surface area contributed by atoms with Crippen molar-refractivity contribution < 1.29 is 0 Å². The van der Waals surface area contributed by atoms with Gasteiger partial charge in [0, 0.05) is 18.3 Å². The lowest BCUT2D eigenvalue weighted by Gasteiger charge is -2.30. The van der Waals surface area contributed by atoms with Gasteiger partial charge in [-0.15, -0.1) is 0 Å². The molecule has 0 bridgehead atoms. The molecule has 2 aromatic carbocycles. The van der Waals surface area contributed by atoms with Crippen molar-refractivity contribution in [1.29, 1.82) is 0 Å². The van der Waals surface area contributed by atoms with Gasteiger partial charge in [0.25, 0.3) is 0 Å². The third-order valence-electron chi connectivity index (χ3n) is 5.90. The van der Waals surface area contributed by atoms with Crippen LogP contribution in [0.2, 0.25) is 0 Å². The molecule has 0 saturated carbocycles. The summed E-state index contributed by atoms with van der Waals surface area (Å²) < 4.78 is 0. The van der Waals surface area contributed by atoms with Gasteiger partial charge in [0.2, 0.25) is 0 Å². The summed E-state index contributed by atoms with van der Waals surface area (Å²) in [6, 6.07) is 26.1. The van der Waals surface area contributed by atoms with Crippen LogP contribution in [0.25, 0.3) is 0 Å². The first kappa shape index (κ1) is 20.0. The van der Waals surface area contributed by atoms with Gasteiger partial charge in [-0.25, -0.2) is 0 Å². The van der Waals surface area contributed by atoms with Crippen LogP contribution < -0.4 is 0 Å². The monoisotopic (exact) mass is 392 g/mol. The molecule has 0 aliphatic carbocycles. The minimum Gasteiger partial charge on any atom is -0.260 e. The maximum absolute atomic E-state index is 4.86. The summed E-state index contributed by atoms with van der Waals surface area (Å²) in [5.74, 6) is 0.145. The molecule has 4 rings (SSSR count). The van der Waals surface area contributed by atoms with Crippen molar-refractivity contribution in [3.05, 3.63) is 130 Å². The highest BCUT2D eigenvalue weighted by molar-refractivity contribution is 5.45. The van der Waals surface area contributed by atoms with Gasteiger partial charge in [-0.05, 0) is 62.1 Å². The lowest BCUT2D eigenvalue weighted by atomic mass is 9.75. The molecule has 30 heavy (non-hydrogen) atoms. The molecule has 150 valence electrons. The first-order chi connectivity index (χ1) is 14.5. The van der Waals surface area contributed by atoms with Crippen LogP contribution in [0.1, 0.15) is 56.6 Å². The maximum Gasteiger partial charge on any atom is 0.0550 e. The van der Waals surface area contributed by atoms with E-state index >= 15 is 0 Å². The number of aromatic nitrogens is 2. The summed E-state index contributed by atoms with van der Waals surface area (Å²) >= 11 is 0. The molecule has 0 amide bonds. The summed E-state index contributed by atoms with van der Waals surface area (Å²) in [5.41, 5.74) is 9.65. The normalized spacial score (nSPS) is 11.3. The number of aryl methyl sites for hydroxylation is 4. The van der Waals surface area contributed by atoms with Crippen molar-refractivity contribution in [1.82, 2.24) is 9.97 Å². The van der Waals surface area contributed by atoms with Crippen molar-refractivity contribution >= 4 is 0 Å². The highest BCUT2D eigenvalue weighted by atomic mass is 14.7. The summed E-state index contributed by atoms with van der Waals surface area (Å²) in [6.07, 6.45) is 3.80. The third-order valence-corrected chi connectivity index (χ3v) is 5.90. The van der Waals surface area contributed by atoms with E-state index in [9.17, 15) is 0 Å². The molecule has 0 saturated heterocycles. The molecule has 0 radical (unpaired) electrons. The van der Waals surface area contributed by atoms with Gasteiger partial charge in [0.05, 0.1) is 17.3 Å². The molecule has 0 aliphatic rings. The second-order valence-electron chi connectivity index (χ2n) is 8.19. The zero-order valence-corrected chi connectivity index (χ0v) is 18.1. The number of pyridine rings is 2. The van der Waals surface area contributed by atoms with Crippen LogP contribution in [0.15, 0.2) is 85.2 Å². The van der Waals surface area contributed by atoms with Crippen LogP contribution in [0.5, 0.6) is 0 Å². The Hall–Kier alpha value is -3.26. The summed E-state index contributed by atoms with van der Waals surface area (Å²) in [6.45, 7) is 8.56. The Morgan fingerprint density at radius 3 is 1.27 bits per heavy atom. The summed E-state index contributed by atoms with van der Waals surface area (Å²) in [4.78, 5) is 9.73. The van der Waals surface area contributed by atoms with Crippen molar-refractivity contribution in [2.75, 3.05) is 0 Å². The fourth-order valence-corrected chi connectivity index (χ4v) is 4.22. The van der Waals surface area contributed by atoms with E-state index in [1.165, 1.54) is 33.4 Å². The van der Waals surface area contributed by atoms with E-state index in [2.05, 4.69) is 88.4 Å². The Kier molecular flexibility index (Phi) is 5.76. The summed E-state index contributed by atoms with van der Waals surface area (Å²) in [5, 5.41) is 0. The van der Waals surface area contributed by atoms with E-state index < -0.39 is 0 Å². The number of rotatable bonds is 5. The standard InChI is InChI=1S/C28H28N2/c1-19-9-13-23(14-10-19)25(24-15-11-20(2)12-16-24)26(27-21(3)7-5-17-29-27)28-22(4)8-6-18-30-28/h5-18,25-26H,1-4H3. The maximum atomic E-state index is 4.86. The van der Waals surface area contributed by atoms with Crippen LogP contribution in [-0.2, 0) is 0 Å². The van der Waals surface area contributed by atoms with Gasteiger partial charge < -0.3 is 0 Å². The lowest BCUT2D eigenvalue weighted by molar-refractivity contribution is 0.648. The highest BCUT2D eigenvalue weighted by Gasteiger charge is 2.32. The topological polar surface area (TPSA) is 25.8 Å². The molecule has 0 fully saturated rings. The Morgan fingerprint density at radius 1 is 0.500 bits per heavy atom. The molecular formula is C28H28N2. The van der Waals surface area contributed by atoms with Gasteiger partial charge >= 0.3 is 0 Å². The van der Waals surface area contributed by atoms with E-state index in [0.717, 1.165) is 11.4 Å². The summed E-state index contributed by atoms with van der Waals surface area (Å²) in [7, 11) is 0. The zero-order valence-electron chi connectivity index (χ0n) is 18.1. The number of nitrogens with zero attached hydrogens (tertiary/aromatic N) is 2. The minimum atomic E-state index is 0.0258. The number of hydrogen-bond donors (Lipinski definition) is 0. The van der Waals surface area contributed by atoms with Crippen LogP contribution in [0.3, 0.4) is 0 Å².